The second-order valence-electron chi connectivity index (χ2n) is 12.7. The van der Waals surface area contributed by atoms with E-state index in [2.05, 4.69) is 0 Å². The summed E-state index contributed by atoms with van der Waals surface area (Å²) in [5.74, 6) is -5.20. The molecule has 11 nitrogen and oxygen atoms in total. The Hall–Kier alpha value is -5.71. The van der Waals surface area contributed by atoms with Gasteiger partial charge in [0.05, 0.1) is 51.8 Å². The number of carbonyl (C=O) groups excluding carboxylic acids is 5. The SMILES string of the molecule is COC(=O)C1=C(C(=O)OC)N(c2ccc(C(C)(C)C)cc2)C2(C(=O)N(Cc3ccccc3)c3ccc(C)cc32)C(C(=O)OC)=C1C(=O)OC. The predicted molar refractivity (Wildman–Crippen MR) is 180 cm³/mol. The van der Waals surface area contributed by atoms with Gasteiger partial charge in [-0.3, -0.25) is 4.79 Å². The van der Waals surface area contributed by atoms with E-state index >= 15 is 4.79 Å². The molecule has 0 saturated carbocycles. The molecule has 5 rings (SSSR count). The van der Waals surface area contributed by atoms with Crippen LogP contribution in [0.2, 0.25) is 0 Å². The lowest BCUT2D eigenvalue weighted by Crippen LogP contribution is -2.60. The lowest BCUT2D eigenvalue weighted by Gasteiger charge is -2.46. The number of rotatable bonds is 7. The summed E-state index contributed by atoms with van der Waals surface area (Å²) >= 11 is 0. The number of amides is 1. The van der Waals surface area contributed by atoms with Gasteiger partial charge in [-0.25, -0.2) is 19.2 Å². The van der Waals surface area contributed by atoms with Crippen LogP contribution in [0.4, 0.5) is 11.4 Å². The number of fused-ring (bicyclic) bond motifs is 2. The Bertz CT molecular complexity index is 1920. The molecular weight excluding hydrogens is 628 g/mol. The van der Waals surface area contributed by atoms with Crippen molar-refractivity contribution in [3.05, 3.63) is 117 Å². The van der Waals surface area contributed by atoms with E-state index in [9.17, 15) is 19.2 Å². The number of hydrogen-bond donors (Lipinski definition) is 0. The largest absolute Gasteiger partial charge is 0.466 e. The molecule has 0 bridgehead atoms. The summed E-state index contributed by atoms with van der Waals surface area (Å²) in [7, 11) is 4.31. The third-order valence-electron chi connectivity index (χ3n) is 8.77. The smallest absolute Gasteiger partial charge is 0.355 e. The number of nitrogens with zero attached hydrogens (tertiary/aromatic N) is 2. The average Bonchev–Trinajstić information content (AvgIpc) is 3.32. The molecule has 1 atom stereocenters. The molecule has 2 heterocycles. The van der Waals surface area contributed by atoms with Crippen LogP contribution in [0.3, 0.4) is 0 Å². The summed E-state index contributed by atoms with van der Waals surface area (Å²) in [5.41, 5.74) is -1.55. The fourth-order valence-corrected chi connectivity index (χ4v) is 6.47. The van der Waals surface area contributed by atoms with Gasteiger partial charge in [0.25, 0.3) is 5.91 Å². The van der Waals surface area contributed by atoms with Crippen molar-refractivity contribution in [2.24, 2.45) is 0 Å². The number of esters is 4. The zero-order chi connectivity index (χ0) is 35.8. The van der Waals surface area contributed by atoms with Crippen molar-refractivity contribution in [3.63, 3.8) is 0 Å². The molecule has 0 aliphatic carbocycles. The van der Waals surface area contributed by atoms with Gasteiger partial charge in [0.15, 0.2) is 5.54 Å². The molecule has 1 amide bonds. The van der Waals surface area contributed by atoms with Crippen LogP contribution in [0.15, 0.2) is 95.2 Å². The Balaban J connectivity index is 2.04. The fourth-order valence-electron chi connectivity index (χ4n) is 6.47. The van der Waals surface area contributed by atoms with Crippen LogP contribution in [-0.2, 0) is 60.4 Å². The Morgan fingerprint density at radius 3 is 1.84 bits per heavy atom. The standard InChI is InChI=1S/C38H38N2O9/c1-22-14-19-27-26(20-22)38(36(45)39(27)21-23-12-10-9-11-13-23)30(34(43)48-7)28(32(41)46-5)29(33(42)47-6)31(35(44)49-8)40(38)25-17-15-24(16-18-25)37(2,3)4/h9-20H,21H2,1-8H3. The van der Waals surface area contributed by atoms with Crippen molar-refractivity contribution < 1.29 is 42.9 Å². The van der Waals surface area contributed by atoms with Crippen molar-refractivity contribution in [1.29, 1.82) is 0 Å². The highest BCUT2D eigenvalue weighted by molar-refractivity contribution is 6.26. The zero-order valence-corrected chi connectivity index (χ0v) is 28.7. The van der Waals surface area contributed by atoms with Gasteiger partial charge in [0, 0.05) is 11.3 Å². The first-order valence-electron chi connectivity index (χ1n) is 15.5. The molecule has 0 aromatic heterocycles. The van der Waals surface area contributed by atoms with Crippen molar-refractivity contribution in [2.75, 3.05) is 38.2 Å². The van der Waals surface area contributed by atoms with E-state index in [0.717, 1.165) is 39.6 Å². The highest BCUT2D eigenvalue weighted by Crippen LogP contribution is 2.56. The van der Waals surface area contributed by atoms with E-state index in [1.807, 2.05) is 76.2 Å². The maximum absolute atomic E-state index is 15.6. The molecule has 0 saturated heterocycles. The van der Waals surface area contributed by atoms with E-state index in [-0.39, 0.29) is 23.2 Å². The van der Waals surface area contributed by atoms with Crippen molar-refractivity contribution in [2.45, 2.75) is 45.2 Å². The van der Waals surface area contributed by atoms with E-state index in [1.165, 1.54) is 9.80 Å². The molecule has 1 spiro atoms. The number of ether oxygens (including phenoxy) is 4. The highest BCUT2D eigenvalue weighted by Gasteiger charge is 2.66. The summed E-state index contributed by atoms with van der Waals surface area (Å²) in [4.78, 5) is 74.2. The van der Waals surface area contributed by atoms with E-state index in [4.69, 9.17) is 18.9 Å². The lowest BCUT2D eigenvalue weighted by atomic mass is 9.73. The second-order valence-corrected chi connectivity index (χ2v) is 12.7. The zero-order valence-electron chi connectivity index (χ0n) is 28.7. The Morgan fingerprint density at radius 2 is 1.29 bits per heavy atom. The van der Waals surface area contributed by atoms with Gasteiger partial charge in [0.1, 0.15) is 11.3 Å². The van der Waals surface area contributed by atoms with Gasteiger partial charge >= 0.3 is 23.9 Å². The second kappa shape index (κ2) is 13.1. The van der Waals surface area contributed by atoms with Gasteiger partial charge < -0.3 is 28.7 Å². The van der Waals surface area contributed by atoms with Crippen molar-refractivity contribution in [3.8, 4) is 0 Å². The maximum Gasteiger partial charge on any atom is 0.355 e. The minimum absolute atomic E-state index is 0.0669. The van der Waals surface area contributed by atoms with Crippen LogP contribution in [0.1, 0.15) is 43.0 Å². The molecule has 2 aliphatic rings. The molecule has 254 valence electrons. The van der Waals surface area contributed by atoms with Gasteiger partial charge in [-0.05, 0) is 41.7 Å². The highest BCUT2D eigenvalue weighted by atomic mass is 16.5. The third-order valence-corrected chi connectivity index (χ3v) is 8.77. The number of hydrogen-bond acceptors (Lipinski definition) is 10. The number of benzene rings is 3. The summed E-state index contributed by atoms with van der Waals surface area (Å²) < 4.78 is 20.7. The van der Waals surface area contributed by atoms with E-state index in [1.54, 1.807) is 24.3 Å². The Morgan fingerprint density at radius 1 is 0.714 bits per heavy atom. The molecule has 0 fully saturated rings. The van der Waals surface area contributed by atoms with Gasteiger partial charge in [0.2, 0.25) is 0 Å². The lowest BCUT2D eigenvalue weighted by molar-refractivity contribution is -0.143. The Kier molecular flexibility index (Phi) is 9.23. The van der Waals surface area contributed by atoms with Crippen molar-refractivity contribution in [1.82, 2.24) is 0 Å². The molecule has 1 unspecified atom stereocenters. The van der Waals surface area contributed by atoms with E-state index < -0.39 is 57.7 Å². The van der Waals surface area contributed by atoms with Crippen LogP contribution in [0.5, 0.6) is 0 Å². The van der Waals surface area contributed by atoms with Crippen LogP contribution in [0.25, 0.3) is 0 Å². The van der Waals surface area contributed by atoms with Crippen LogP contribution in [0, 0.1) is 6.92 Å². The van der Waals surface area contributed by atoms with Crippen LogP contribution in [-0.4, -0.2) is 58.2 Å². The molecule has 3 aromatic carbocycles. The fraction of sp³-hybridized carbons (Fsp3) is 0.289. The Labute approximate surface area is 284 Å². The average molecular weight is 667 g/mol. The quantitative estimate of drug-likeness (QED) is 0.256. The predicted octanol–water partition coefficient (Wildman–Crippen LogP) is 4.80. The monoisotopic (exact) mass is 666 g/mol. The first-order chi connectivity index (χ1) is 23.3. The minimum Gasteiger partial charge on any atom is -0.466 e. The van der Waals surface area contributed by atoms with Crippen LogP contribution >= 0.6 is 0 Å². The van der Waals surface area contributed by atoms with E-state index in [0.29, 0.717) is 11.3 Å². The van der Waals surface area contributed by atoms with Gasteiger partial charge in [-0.15, -0.1) is 0 Å². The maximum atomic E-state index is 15.6. The number of carbonyl (C=O) groups is 5. The molecule has 11 heteroatoms. The molecular formula is C38H38N2O9. The summed E-state index contributed by atoms with van der Waals surface area (Å²) in [6.45, 7) is 7.96. The normalized spacial score (nSPS) is 17.3. The number of anilines is 2. The van der Waals surface area contributed by atoms with Gasteiger partial charge in [-0.1, -0.05) is 80.9 Å². The number of methoxy groups -OCH3 is 4. The van der Waals surface area contributed by atoms with Gasteiger partial charge in [-0.2, -0.15) is 0 Å². The molecule has 0 radical (unpaired) electrons. The molecule has 2 aliphatic heterocycles. The van der Waals surface area contributed by atoms with Crippen LogP contribution < -0.4 is 9.80 Å². The minimum atomic E-state index is -2.28. The number of aryl methyl sites for hydroxylation is 1. The molecule has 3 aromatic rings. The first kappa shape index (κ1) is 34.6. The summed E-state index contributed by atoms with van der Waals surface area (Å²) in [6, 6.07) is 21.5. The molecule has 0 N–H and O–H groups in total. The first-order valence-corrected chi connectivity index (χ1v) is 15.5. The topological polar surface area (TPSA) is 129 Å². The molecule has 49 heavy (non-hydrogen) atoms. The summed E-state index contributed by atoms with van der Waals surface area (Å²) in [5, 5.41) is 0. The summed E-state index contributed by atoms with van der Waals surface area (Å²) in [6.07, 6.45) is 0. The van der Waals surface area contributed by atoms with Crippen molar-refractivity contribution >= 4 is 41.2 Å². The third kappa shape index (κ3) is 5.54.